The van der Waals surface area contributed by atoms with Gasteiger partial charge in [0.1, 0.15) is 0 Å². The van der Waals surface area contributed by atoms with Gasteiger partial charge < -0.3 is 15.3 Å². The highest BCUT2D eigenvalue weighted by atomic mass is 32.1. The number of aromatic nitrogens is 1. The summed E-state index contributed by atoms with van der Waals surface area (Å²) in [6.07, 6.45) is 1.04. The summed E-state index contributed by atoms with van der Waals surface area (Å²) in [6, 6.07) is 0. The zero-order valence-corrected chi connectivity index (χ0v) is 11.3. The van der Waals surface area contributed by atoms with E-state index in [1.165, 1.54) is 11.3 Å². The molecule has 1 heterocycles. The average molecular weight is 257 g/mol. The molecule has 96 valence electrons. The molecule has 0 aliphatic rings. The number of carbonyl (C=O) groups is 1. The molecule has 0 aliphatic heterocycles. The monoisotopic (exact) mass is 257 g/mol. The number of thiazole rings is 1. The minimum atomic E-state index is -0.836. The van der Waals surface area contributed by atoms with E-state index in [9.17, 15) is 4.79 Å². The van der Waals surface area contributed by atoms with Crippen molar-refractivity contribution in [3.05, 3.63) is 10.6 Å². The number of hydrogen-bond acceptors (Lipinski definition) is 5. The smallest absolute Gasteiger partial charge is 0.309 e. The number of carboxylic acid groups (broad SMARTS) is 1. The Morgan fingerprint density at radius 3 is 2.82 bits per heavy atom. The van der Waals surface area contributed by atoms with Crippen LogP contribution in [0.15, 0.2) is 0 Å². The number of nitrogens with zero attached hydrogens (tertiary/aromatic N) is 2. The maximum absolute atomic E-state index is 10.6. The molecule has 5 nitrogen and oxygen atoms in total. The van der Waals surface area contributed by atoms with Crippen molar-refractivity contribution >= 4 is 22.4 Å². The lowest BCUT2D eigenvalue weighted by molar-refractivity contribution is -0.136. The predicted molar refractivity (Wildman–Crippen MR) is 69.9 cm³/mol. The highest BCUT2D eigenvalue weighted by Gasteiger charge is 2.10. The molecule has 0 saturated heterocycles. The first-order valence-electron chi connectivity index (χ1n) is 5.55. The quantitative estimate of drug-likeness (QED) is 0.724. The van der Waals surface area contributed by atoms with Crippen molar-refractivity contribution < 1.29 is 9.90 Å². The molecule has 17 heavy (non-hydrogen) atoms. The lowest BCUT2D eigenvalue weighted by Crippen LogP contribution is -2.16. The third-order valence-electron chi connectivity index (χ3n) is 2.27. The van der Waals surface area contributed by atoms with E-state index in [2.05, 4.69) is 15.2 Å². The average Bonchev–Trinajstić information content (AvgIpc) is 2.53. The van der Waals surface area contributed by atoms with Crippen molar-refractivity contribution in [2.75, 3.05) is 32.5 Å². The maximum Gasteiger partial charge on any atom is 0.309 e. The zero-order valence-electron chi connectivity index (χ0n) is 10.5. The fraction of sp³-hybridized carbons (Fsp3) is 0.636. The van der Waals surface area contributed by atoms with Crippen LogP contribution in [0.25, 0.3) is 0 Å². The van der Waals surface area contributed by atoms with E-state index in [4.69, 9.17) is 5.11 Å². The molecule has 1 aromatic rings. The van der Waals surface area contributed by atoms with Gasteiger partial charge in [-0.2, -0.15) is 0 Å². The van der Waals surface area contributed by atoms with Gasteiger partial charge in [-0.1, -0.05) is 0 Å². The van der Waals surface area contributed by atoms with Crippen molar-refractivity contribution in [3.63, 3.8) is 0 Å². The summed E-state index contributed by atoms with van der Waals surface area (Å²) < 4.78 is 0. The summed E-state index contributed by atoms with van der Waals surface area (Å²) in [7, 11) is 4.08. The second-order valence-electron chi connectivity index (χ2n) is 4.18. The Hall–Kier alpha value is -1.14. The largest absolute Gasteiger partial charge is 0.481 e. The van der Waals surface area contributed by atoms with E-state index in [1.54, 1.807) is 0 Å². The van der Waals surface area contributed by atoms with Crippen molar-refractivity contribution in [2.45, 2.75) is 19.8 Å². The molecule has 1 aromatic heterocycles. The minimum Gasteiger partial charge on any atom is -0.481 e. The number of anilines is 1. The molecule has 0 aliphatic carbocycles. The topological polar surface area (TPSA) is 65.5 Å². The fourth-order valence-corrected chi connectivity index (χ4v) is 2.26. The molecular formula is C11H19N3O2S. The van der Waals surface area contributed by atoms with Gasteiger partial charge in [0.15, 0.2) is 5.13 Å². The number of aliphatic carboxylic acids is 1. The van der Waals surface area contributed by atoms with E-state index in [1.807, 2.05) is 21.0 Å². The molecule has 0 spiro atoms. The van der Waals surface area contributed by atoms with Crippen LogP contribution in [0.2, 0.25) is 0 Å². The lowest BCUT2D eigenvalue weighted by atomic mass is 10.3. The highest BCUT2D eigenvalue weighted by Crippen LogP contribution is 2.22. The first kappa shape index (κ1) is 13.9. The van der Waals surface area contributed by atoms with E-state index in [0.29, 0.717) is 5.69 Å². The number of hydrogen-bond donors (Lipinski definition) is 2. The van der Waals surface area contributed by atoms with Gasteiger partial charge in [0.25, 0.3) is 0 Å². The summed E-state index contributed by atoms with van der Waals surface area (Å²) in [5.41, 5.74) is 0.664. The third kappa shape index (κ3) is 5.14. The Morgan fingerprint density at radius 1 is 1.53 bits per heavy atom. The van der Waals surface area contributed by atoms with Crippen molar-refractivity contribution in [2.24, 2.45) is 0 Å². The summed E-state index contributed by atoms with van der Waals surface area (Å²) in [5, 5.41) is 12.8. The molecular weight excluding hydrogens is 238 g/mol. The minimum absolute atomic E-state index is 0.00170. The van der Waals surface area contributed by atoms with Crippen molar-refractivity contribution in [3.8, 4) is 0 Å². The highest BCUT2D eigenvalue weighted by molar-refractivity contribution is 7.15. The first-order valence-corrected chi connectivity index (χ1v) is 6.37. The Balaban J connectivity index is 2.41. The Labute approximate surface area is 105 Å². The third-order valence-corrected chi connectivity index (χ3v) is 3.24. The summed E-state index contributed by atoms with van der Waals surface area (Å²) in [4.78, 5) is 18.0. The molecule has 1 rings (SSSR count). The van der Waals surface area contributed by atoms with Gasteiger partial charge in [-0.15, -0.1) is 11.3 Å². The number of carboxylic acids is 1. The normalized spacial score (nSPS) is 10.8. The van der Waals surface area contributed by atoms with Crippen LogP contribution in [0, 0.1) is 6.92 Å². The molecule has 0 radical (unpaired) electrons. The van der Waals surface area contributed by atoms with Crippen LogP contribution in [0.4, 0.5) is 5.13 Å². The number of nitrogens with one attached hydrogen (secondary N) is 1. The maximum atomic E-state index is 10.6. The summed E-state index contributed by atoms with van der Waals surface area (Å²) >= 11 is 1.52. The van der Waals surface area contributed by atoms with Crippen LogP contribution >= 0.6 is 11.3 Å². The SMILES string of the molecule is Cc1sc(NCCCN(C)C)nc1CC(=O)O. The van der Waals surface area contributed by atoms with Gasteiger partial charge in [0.2, 0.25) is 0 Å². The predicted octanol–water partition coefficient (Wildman–Crippen LogP) is 1.44. The first-order chi connectivity index (χ1) is 7.99. The zero-order chi connectivity index (χ0) is 12.8. The van der Waals surface area contributed by atoms with Gasteiger partial charge in [0.05, 0.1) is 12.1 Å². The van der Waals surface area contributed by atoms with Crippen molar-refractivity contribution in [1.29, 1.82) is 0 Å². The second-order valence-corrected chi connectivity index (χ2v) is 5.38. The van der Waals surface area contributed by atoms with E-state index in [-0.39, 0.29) is 6.42 Å². The van der Waals surface area contributed by atoms with Gasteiger partial charge in [-0.25, -0.2) is 4.98 Å². The van der Waals surface area contributed by atoms with E-state index >= 15 is 0 Å². The van der Waals surface area contributed by atoms with Crippen LogP contribution < -0.4 is 5.32 Å². The van der Waals surface area contributed by atoms with E-state index in [0.717, 1.165) is 29.5 Å². The molecule has 0 aromatic carbocycles. The Bertz CT molecular complexity index is 377. The number of aryl methyl sites for hydroxylation is 1. The van der Waals surface area contributed by atoms with E-state index < -0.39 is 5.97 Å². The fourth-order valence-electron chi connectivity index (χ4n) is 1.40. The Morgan fingerprint density at radius 2 is 2.24 bits per heavy atom. The van der Waals surface area contributed by atoms with Crippen LogP contribution in [0.3, 0.4) is 0 Å². The summed E-state index contributed by atoms with van der Waals surface area (Å²) in [5.74, 6) is -0.836. The lowest BCUT2D eigenvalue weighted by Gasteiger charge is -2.08. The van der Waals surface area contributed by atoms with Gasteiger partial charge in [-0.05, 0) is 34.0 Å². The van der Waals surface area contributed by atoms with Crippen LogP contribution in [0.5, 0.6) is 0 Å². The summed E-state index contributed by atoms with van der Waals surface area (Å²) in [6.45, 7) is 3.79. The molecule has 0 saturated carbocycles. The number of rotatable bonds is 7. The van der Waals surface area contributed by atoms with Crippen LogP contribution in [-0.2, 0) is 11.2 Å². The molecule has 0 fully saturated rings. The van der Waals surface area contributed by atoms with Crippen LogP contribution in [0.1, 0.15) is 17.0 Å². The second kappa shape index (κ2) is 6.56. The van der Waals surface area contributed by atoms with Gasteiger partial charge >= 0.3 is 5.97 Å². The van der Waals surface area contributed by atoms with Gasteiger partial charge in [0, 0.05) is 11.4 Å². The molecule has 0 atom stereocenters. The van der Waals surface area contributed by atoms with Crippen molar-refractivity contribution in [1.82, 2.24) is 9.88 Å². The Kier molecular flexibility index (Phi) is 5.37. The molecule has 0 amide bonds. The van der Waals surface area contributed by atoms with Gasteiger partial charge in [-0.3, -0.25) is 4.79 Å². The molecule has 0 unspecified atom stereocenters. The van der Waals surface area contributed by atoms with Crippen LogP contribution in [-0.4, -0.2) is 48.1 Å². The molecule has 2 N–H and O–H groups in total. The molecule has 6 heteroatoms. The standard InChI is InChI=1S/C11H19N3O2S/c1-8-9(7-10(15)16)13-11(17-8)12-5-4-6-14(2)3/h4-7H2,1-3H3,(H,12,13)(H,15,16). The molecule has 0 bridgehead atoms.